The molecular weight excluding hydrogens is 564 g/mol. The van der Waals surface area contributed by atoms with Crippen LogP contribution in [0.2, 0.25) is 5.02 Å². The van der Waals surface area contributed by atoms with Crippen LogP contribution in [0.15, 0.2) is 52.0 Å². The molecule has 0 saturated carbocycles. The molecule has 0 fully saturated rings. The van der Waals surface area contributed by atoms with Crippen LogP contribution < -0.4 is 19.6 Å². The van der Waals surface area contributed by atoms with Crippen molar-refractivity contribution in [1.82, 2.24) is 10.4 Å². The fourth-order valence-corrected chi connectivity index (χ4v) is 3.77. The third-order valence-electron chi connectivity index (χ3n) is 5.03. The summed E-state index contributed by atoms with van der Waals surface area (Å²) >= 11 is 9.36. The molecule has 0 radical (unpaired) electrons. The molecule has 1 heterocycles. The summed E-state index contributed by atoms with van der Waals surface area (Å²) in [6.07, 6.45) is 1.44. The van der Waals surface area contributed by atoms with Gasteiger partial charge >= 0.3 is 0 Å². The Kier molecular flexibility index (Phi) is 10.3. The molecule has 0 aliphatic rings. The van der Waals surface area contributed by atoms with Crippen LogP contribution in [0.3, 0.4) is 0 Å². The van der Waals surface area contributed by atoms with Crippen molar-refractivity contribution in [3.8, 4) is 23.4 Å². The number of para-hydroxylation sites is 1. The SMILES string of the molecule is COCc1c(Br)c(C)nc(OCC(=O)N/N=C/c2cccc(OC)c2OCc2ccc(Cl)cc2)c1C#N. The fraction of sp³-hybridized carbons (Fsp3) is 0.231. The van der Waals surface area contributed by atoms with Crippen LogP contribution in [-0.2, 0) is 22.7 Å². The lowest BCUT2D eigenvalue weighted by molar-refractivity contribution is -0.123. The van der Waals surface area contributed by atoms with Crippen LogP contribution in [0.1, 0.15) is 27.9 Å². The number of hydrogen-bond donors (Lipinski definition) is 1. The Hall–Kier alpha value is -3.65. The first-order valence-electron chi connectivity index (χ1n) is 10.9. The molecule has 1 N–H and O–H groups in total. The largest absolute Gasteiger partial charge is 0.493 e. The number of ether oxygens (including phenoxy) is 4. The van der Waals surface area contributed by atoms with E-state index in [1.54, 1.807) is 37.3 Å². The maximum absolute atomic E-state index is 12.4. The molecule has 2 aromatic carbocycles. The Bertz CT molecular complexity index is 1330. The number of carbonyl (C=O) groups excluding carboxylic acids is 1. The van der Waals surface area contributed by atoms with Crippen LogP contribution >= 0.6 is 27.5 Å². The molecule has 0 spiro atoms. The van der Waals surface area contributed by atoms with Crippen molar-refractivity contribution in [2.24, 2.45) is 5.10 Å². The lowest BCUT2D eigenvalue weighted by Gasteiger charge is -2.13. The topological polar surface area (TPSA) is 115 Å². The Morgan fingerprint density at radius 1 is 1.19 bits per heavy atom. The number of rotatable bonds is 11. The van der Waals surface area contributed by atoms with Crippen LogP contribution in [0.25, 0.3) is 0 Å². The molecule has 0 bridgehead atoms. The maximum Gasteiger partial charge on any atom is 0.278 e. The van der Waals surface area contributed by atoms with Gasteiger partial charge in [-0.3, -0.25) is 4.79 Å². The minimum absolute atomic E-state index is 0.0417. The van der Waals surface area contributed by atoms with Crippen LogP contribution in [-0.4, -0.2) is 37.9 Å². The van der Waals surface area contributed by atoms with E-state index in [-0.39, 0.29) is 24.7 Å². The highest BCUT2D eigenvalue weighted by Gasteiger charge is 2.18. The average molecular weight is 588 g/mol. The molecule has 192 valence electrons. The number of pyridine rings is 1. The van der Waals surface area contributed by atoms with Crippen molar-refractivity contribution in [2.75, 3.05) is 20.8 Å². The van der Waals surface area contributed by atoms with Crippen molar-refractivity contribution < 1.29 is 23.7 Å². The van der Waals surface area contributed by atoms with Crippen LogP contribution in [0.5, 0.6) is 17.4 Å². The first-order chi connectivity index (χ1) is 17.9. The summed E-state index contributed by atoms with van der Waals surface area (Å²) in [6, 6.07) is 14.7. The molecule has 0 unspecified atom stereocenters. The lowest BCUT2D eigenvalue weighted by atomic mass is 10.1. The Labute approximate surface area is 228 Å². The second-order valence-electron chi connectivity index (χ2n) is 7.59. The molecule has 0 atom stereocenters. The fourth-order valence-electron chi connectivity index (χ4n) is 3.24. The van der Waals surface area contributed by atoms with E-state index in [0.29, 0.717) is 37.8 Å². The van der Waals surface area contributed by atoms with E-state index in [1.165, 1.54) is 20.4 Å². The molecule has 3 rings (SSSR count). The van der Waals surface area contributed by atoms with Gasteiger partial charge < -0.3 is 18.9 Å². The average Bonchev–Trinajstić information content (AvgIpc) is 2.90. The smallest absolute Gasteiger partial charge is 0.278 e. The summed E-state index contributed by atoms with van der Waals surface area (Å²) in [5.74, 6) is 0.482. The minimum atomic E-state index is -0.540. The van der Waals surface area contributed by atoms with E-state index in [2.05, 4.69) is 37.5 Å². The molecule has 37 heavy (non-hydrogen) atoms. The molecule has 1 aromatic heterocycles. The summed E-state index contributed by atoms with van der Waals surface area (Å²) in [5.41, 5.74) is 5.30. The Morgan fingerprint density at radius 3 is 2.62 bits per heavy atom. The monoisotopic (exact) mass is 586 g/mol. The van der Waals surface area contributed by atoms with Gasteiger partial charge in [-0.25, -0.2) is 10.4 Å². The number of carbonyl (C=O) groups is 1. The molecule has 0 aliphatic carbocycles. The molecule has 0 saturated heterocycles. The minimum Gasteiger partial charge on any atom is -0.493 e. The zero-order valence-corrected chi connectivity index (χ0v) is 22.7. The van der Waals surface area contributed by atoms with Gasteiger partial charge in [-0.2, -0.15) is 10.4 Å². The zero-order valence-electron chi connectivity index (χ0n) is 20.4. The van der Waals surface area contributed by atoms with E-state index < -0.39 is 12.5 Å². The van der Waals surface area contributed by atoms with Crippen LogP contribution in [0.4, 0.5) is 0 Å². The highest BCUT2D eigenvalue weighted by Crippen LogP contribution is 2.31. The highest BCUT2D eigenvalue weighted by atomic mass is 79.9. The van der Waals surface area contributed by atoms with Crippen molar-refractivity contribution in [3.63, 3.8) is 0 Å². The summed E-state index contributed by atoms with van der Waals surface area (Å²) < 4.78 is 22.7. The van der Waals surface area contributed by atoms with Gasteiger partial charge in [0.1, 0.15) is 18.2 Å². The van der Waals surface area contributed by atoms with Crippen molar-refractivity contribution >= 4 is 39.7 Å². The third-order valence-corrected chi connectivity index (χ3v) is 6.33. The molecule has 3 aromatic rings. The number of nitriles is 1. The predicted molar refractivity (Wildman–Crippen MR) is 142 cm³/mol. The van der Waals surface area contributed by atoms with Crippen molar-refractivity contribution in [3.05, 3.63) is 79.9 Å². The van der Waals surface area contributed by atoms with E-state index in [9.17, 15) is 10.1 Å². The van der Waals surface area contributed by atoms with Gasteiger partial charge in [0.2, 0.25) is 5.88 Å². The number of benzene rings is 2. The molecule has 1 amide bonds. The number of aromatic nitrogens is 1. The summed E-state index contributed by atoms with van der Waals surface area (Å²) in [7, 11) is 3.06. The molecule has 11 heteroatoms. The Morgan fingerprint density at radius 2 is 1.95 bits per heavy atom. The van der Waals surface area contributed by atoms with Crippen molar-refractivity contribution in [1.29, 1.82) is 5.26 Å². The van der Waals surface area contributed by atoms with E-state index >= 15 is 0 Å². The summed E-state index contributed by atoms with van der Waals surface area (Å²) in [6.45, 7) is 1.82. The number of aryl methyl sites for hydroxylation is 1. The van der Waals surface area contributed by atoms with E-state index in [4.69, 9.17) is 30.5 Å². The van der Waals surface area contributed by atoms with Gasteiger partial charge in [0.05, 0.1) is 25.6 Å². The number of hydrazone groups is 1. The normalized spacial score (nSPS) is 10.7. The van der Waals surface area contributed by atoms with Gasteiger partial charge in [0, 0.05) is 27.7 Å². The second kappa shape index (κ2) is 13.6. The lowest BCUT2D eigenvalue weighted by Crippen LogP contribution is -2.25. The quantitative estimate of drug-likeness (QED) is 0.250. The highest BCUT2D eigenvalue weighted by molar-refractivity contribution is 9.10. The third kappa shape index (κ3) is 7.43. The number of amides is 1. The predicted octanol–water partition coefficient (Wildman–Crippen LogP) is 4.94. The van der Waals surface area contributed by atoms with Gasteiger partial charge in [0.25, 0.3) is 5.91 Å². The standard InChI is InChI=1S/C26H24BrClN4O5/c1-16-24(27)21(14-34-2)20(11-29)26(31-16)37-15-23(33)32-30-12-18-5-4-6-22(35-3)25(18)36-13-17-7-9-19(28)10-8-17/h4-10,12H,13-15H2,1-3H3,(H,32,33)/b30-12+. The molecular formula is C26H24BrClN4O5. The summed E-state index contributed by atoms with van der Waals surface area (Å²) in [5, 5.41) is 14.2. The zero-order chi connectivity index (χ0) is 26.8. The number of methoxy groups -OCH3 is 2. The number of halogens is 2. The van der Waals surface area contributed by atoms with Crippen LogP contribution in [0, 0.1) is 18.3 Å². The number of hydrogen-bond acceptors (Lipinski definition) is 8. The first-order valence-corrected chi connectivity index (χ1v) is 12.1. The molecule has 0 aliphatic heterocycles. The summed E-state index contributed by atoms with van der Waals surface area (Å²) in [4.78, 5) is 16.6. The maximum atomic E-state index is 12.4. The Balaban J connectivity index is 1.67. The van der Waals surface area contributed by atoms with Gasteiger partial charge in [-0.15, -0.1) is 0 Å². The molecule has 9 nitrogen and oxygen atoms in total. The van der Waals surface area contributed by atoms with Gasteiger partial charge in [0.15, 0.2) is 18.1 Å². The van der Waals surface area contributed by atoms with Gasteiger partial charge in [-0.05, 0) is 52.7 Å². The van der Waals surface area contributed by atoms with E-state index in [1.807, 2.05) is 12.1 Å². The van der Waals surface area contributed by atoms with Crippen molar-refractivity contribution in [2.45, 2.75) is 20.1 Å². The number of nitrogens with one attached hydrogen (secondary N) is 1. The number of nitrogens with zero attached hydrogens (tertiary/aromatic N) is 3. The second-order valence-corrected chi connectivity index (χ2v) is 8.82. The van der Waals surface area contributed by atoms with Gasteiger partial charge in [-0.1, -0.05) is 29.8 Å². The first kappa shape index (κ1) is 27.9. The van der Waals surface area contributed by atoms with E-state index in [0.717, 1.165) is 5.56 Å².